The minimum atomic E-state index is 0.0475. The molecule has 0 spiro atoms. The predicted molar refractivity (Wildman–Crippen MR) is 62.3 cm³/mol. The van der Waals surface area contributed by atoms with Gasteiger partial charge >= 0.3 is 0 Å². The maximum Gasteiger partial charge on any atom is 0.165 e. The molecule has 0 radical (unpaired) electrons. The number of ketones is 1. The van der Waals surface area contributed by atoms with Crippen LogP contribution >= 0.6 is 0 Å². The summed E-state index contributed by atoms with van der Waals surface area (Å²) >= 11 is 0. The molecule has 0 amide bonds. The molecule has 1 fully saturated rings. The van der Waals surface area contributed by atoms with Gasteiger partial charge in [-0.25, -0.2) is 0 Å². The maximum absolute atomic E-state index is 12.1. The first-order valence-electron chi connectivity index (χ1n) is 5.86. The van der Waals surface area contributed by atoms with E-state index in [2.05, 4.69) is 0 Å². The van der Waals surface area contributed by atoms with E-state index < -0.39 is 0 Å². The van der Waals surface area contributed by atoms with Gasteiger partial charge in [-0.1, -0.05) is 36.8 Å². The van der Waals surface area contributed by atoms with Crippen LogP contribution in [0.3, 0.4) is 0 Å². The van der Waals surface area contributed by atoms with E-state index in [9.17, 15) is 9.59 Å². The van der Waals surface area contributed by atoms with Crippen molar-refractivity contribution in [3.63, 3.8) is 0 Å². The van der Waals surface area contributed by atoms with Gasteiger partial charge in [-0.05, 0) is 19.3 Å². The molecule has 1 aromatic rings. The van der Waals surface area contributed by atoms with Crippen molar-refractivity contribution in [2.75, 3.05) is 0 Å². The van der Waals surface area contributed by atoms with Gasteiger partial charge in [0.05, 0.1) is 0 Å². The van der Waals surface area contributed by atoms with Gasteiger partial charge in [0.15, 0.2) is 5.78 Å². The highest BCUT2D eigenvalue weighted by Crippen LogP contribution is 2.30. The van der Waals surface area contributed by atoms with Gasteiger partial charge in [-0.15, -0.1) is 0 Å². The number of carbonyl (C=O) groups is 2. The second-order valence-corrected chi connectivity index (χ2v) is 4.49. The SMILES string of the molecule is O=CC1CCCC(C(=O)c2ccccc2)C1. The summed E-state index contributed by atoms with van der Waals surface area (Å²) in [6, 6.07) is 9.38. The van der Waals surface area contributed by atoms with Gasteiger partial charge < -0.3 is 4.79 Å². The Morgan fingerprint density at radius 3 is 2.62 bits per heavy atom. The van der Waals surface area contributed by atoms with Crippen LogP contribution in [-0.4, -0.2) is 12.1 Å². The largest absolute Gasteiger partial charge is 0.303 e. The average molecular weight is 216 g/mol. The fourth-order valence-corrected chi connectivity index (χ4v) is 2.43. The molecule has 16 heavy (non-hydrogen) atoms. The number of carbonyl (C=O) groups excluding carboxylic acids is 2. The third-order valence-electron chi connectivity index (χ3n) is 3.34. The Morgan fingerprint density at radius 1 is 1.19 bits per heavy atom. The van der Waals surface area contributed by atoms with Crippen molar-refractivity contribution in [3.8, 4) is 0 Å². The lowest BCUT2D eigenvalue weighted by molar-refractivity contribution is -0.112. The fourth-order valence-electron chi connectivity index (χ4n) is 2.43. The van der Waals surface area contributed by atoms with Crippen LogP contribution in [0.15, 0.2) is 30.3 Å². The predicted octanol–water partition coefficient (Wildman–Crippen LogP) is 2.87. The van der Waals surface area contributed by atoms with Gasteiger partial charge in [0.2, 0.25) is 0 Å². The summed E-state index contributed by atoms with van der Waals surface area (Å²) in [6.45, 7) is 0. The molecule has 2 rings (SSSR count). The minimum Gasteiger partial charge on any atom is -0.303 e. The zero-order valence-electron chi connectivity index (χ0n) is 9.26. The summed E-state index contributed by atoms with van der Waals surface area (Å²) in [5, 5.41) is 0. The van der Waals surface area contributed by atoms with E-state index in [1.54, 1.807) is 0 Å². The van der Waals surface area contributed by atoms with Crippen LogP contribution in [-0.2, 0) is 4.79 Å². The quantitative estimate of drug-likeness (QED) is 0.575. The molecule has 0 saturated heterocycles. The molecule has 2 unspecified atom stereocenters. The molecule has 1 aliphatic carbocycles. The van der Waals surface area contributed by atoms with Gasteiger partial charge in [0.25, 0.3) is 0 Å². The zero-order valence-corrected chi connectivity index (χ0v) is 9.26. The Bertz CT molecular complexity index is 370. The monoisotopic (exact) mass is 216 g/mol. The first-order chi connectivity index (χ1) is 7.81. The summed E-state index contributed by atoms with van der Waals surface area (Å²) in [5.41, 5.74) is 0.777. The molecule has 1 saturated carbocycles. The third-order valence-corrected chi connectivity index (χ3v) is 3.34. The summed E-state index contributed by atoms with van der Waals surface area (Å²) in [6.07, 6.45) is 4.61. The van der Waals surface area contributed by atoms with Crippen LogP contribution in [0.2, 0.25) is 0 Å². The van der Waals surface area contributed by atoms with E-state index in [0.717, 1.165) is 37.5 Å². The number of Topliss-reactive ketones (excluding diaryl/α,β-unsaturated/α-hetero) is 1. The molecule has 2 heteroatoms. The molecule has 0 heterocycles. The molecule has 2 atom stereocenters. The Balaban J connectivity index is 2.07. The highest BCUT2D eigenvalue weighted by molar-refractivity contribution is 5.98. The third kappa shape index (κ3) is 2.38. The summed E-state index contributed by atoms with van der Waals surface area (Å²) in [5.74, 6) is 0.338. The van der Waals surface area contributed by atoms with Crippen LogP contribution in [0.5, 0.6) is 0 Å². The number of aldehydes is 1. The lowest BCUT2D eigenvalue weighted by Gasteiger charge is -2.24. The van der Waals surface area contributed by atoms with Gasteiger partial charge in [-0.3, -0.25) is 4.79 Å². The van der Waals surface area contributed by atoms with E-state index >= 15 is 0 Å². The van der Waals surface area contributed by atoms with Crippen LogP contribution in [0.25, 0.3) is 0 Å². The number of hydrogen-bond acceptors (Lipinski definition) is 2. The van der Waals surface area contributed by atoms with Gasteiger partial charge in [0.1, 0.15) is 6.29 Å². The molecule has 0 aliphatic heterocycles. The Morgan fingerprint density at radius 2 is 1.94 bits per heavy atom. The van der Waals surface area contributed by atoms with Crippen molar-refractivity contribution in [2.45, 2.75) is 25.7 Å². The molecule has 2 nitrogen and oxygen atoms in total. The molecular formula is C14H16O2. The van der Waals surface area contributed by atoms with Crippen LogP contribution in [0.1, 0.15) is 36.0 Å². The van der Waals surface area contributed by atoms with Crippen LogP contribution in [0.4, 0.5) is 0 Å². The molecular weight excluding hydrogens is 200 g/mol. The second kappa shape index (κ2) is 5.06. The lowest BCUT2D eigenvalue weighted by Crippen LogP contribution is -2.23. The van der Waals surface area contributed by atoms with Crippen molar-refractivity contribution in [1.82, 2.24) is 0 Å². The zero-order chi connectivity index (χ0) is 11.4. The molecule has 84 valence electrons. The minimum absolute atomic E-state index is 0.0475. The van der Waals surface area contributed by atoms with Crippen molar-refractivity contribution in [1.29, 1.82) is 0 Å². The molecule has 1 aliphatic rings. The van der Waals surface area contributed by atoms with Crippen molar-refractivity contribution in [3.05, 3.63) is 35.9 Å². The second-order valence-electron chi connectivity index (χ2n) is 4.49. The normalized spacial score (nSPS) is 25.0. The van der Waals surface area contributed by atoms with Crippen molar-refractivity contribution >= 4 is 12.1 Å². The Hall–Kier alpha value is -1.44. The average Bonchev–Trinajstić information content (AvgIpc) is 2.39. The maximum atomic E-state index is 12.1. The van der Waals surface area contributed by atoms with Gasteiger partial charge in [0, 0.05) is 17.4 Å². The van der Waals surface area contributed by atoms with E-state index in [1.807, 2.05) is 30.3 Å². The summed E-state index contributed by atoms with van der Waals surface area (Å²) in [4.78, 5) is 22.9. The van der Waals surface area contributed by atoms with E-state index in [4.69, 9.17) is 0 Å². The summed E-state index contributed by atoms with van der Waals surface area (Å²) in [7, 11) is 0. The first-order valence-corrected chi connectivity index (χ1v) is 5.86. The highest BCUT2D eigenvalue weighted by atomic mass is 16.1. The smallest absolute Gasteiger partial charge is 0.165 e. The van der Waals surface area contributed by atoms with Crippen LogP contribution in [0, 0.1) is 11.8 Å². The molecule has 1 aromatic carbocycles. The lowest BCUT2D eigenvalue weighted by atomic mass is 9.78. The standard InChI is InChI=1S/C14H16O2/c15-10-11-5-4-8-13(9-11)14(16)12-6-2-1-3-7-12/h1-3,6-7,10-11,13H,4-5,8-9H2. The van der Waals surface area contributed by atoms with E-state index in [1.165, 1.54) is 0 Å². The molecule has 0 N–H and O–H groups in total. The fraction of sp³-hybridized carbons (Fsp3) is 0.429. The van der Waals surface area contributed by atoms with E-state index in [0.29, 0.717) is 0 Å². The number of hydrogen-bond donors (Lipinski definition) is 0. The molecule has 0 bridgehead atoms. The summed E-state index contributed by atoms with van der Waals surface area (Å²) < 4.78 is 0. The number of benzene rings is 1. The highest BCUT2D eigenvalue weighted by Gasteiger charge is 2.27. The Labute approximate surface area is 95.7 Å². The van der Waals surface area contributed by atoms with Gasteiger partial charge in [-0.2, -0.15) is 0 Å². The first kappa shape index (κ1) is 11.1. The number of rotatable bonds is 3. The topological polar surface area (TPSA) is 34.1 Å². The molecule has 0 aromatic heterocycles. The van der Waals surface area contributed by atoms with E-state index in [-0.39, 0.29) is 17.6 Å². The van der Waals surface area contributed by atoms with Crippen LogP contribution < -0.4 is 0 Å². The van der Waals surface area contributed by atoms with Crippen molar-refractivity contribution in [2.24, 2.45) is 11.8 Å². The Kier molecular flexibility index (Phi) is 3.50. The van der Waals surface area contributed by atoms with Crippen molar-refractivity contribution < 1.29 is 9.59 Å².